The monoisotopic (exact) mass is 479 g/mol. The van der Waals surface area contributed by atoms with Gasteiger partial charge in [-0.25, -0.2) is 4.79 Å². The molecule has 0 spiro atoms. The summed E-state index contributed by atoms with van der Waals surface area (Å²) in [5.41, 5.74) is 0.865. The fourth-order valence-corrected chi connectivity index (χ4v) is 5.35. The molecule has 0 heterocycles. The standard InChI is InChI=1S/C25H41NO6Si/c1-17(32-33(5,6)25(2,3)4)22(28)23(29)21-19(15-27)13-10-14-20(21)26-24(30)31-16-18-11-8-7-9-12-18/h7-12,14,17,19-23,27-29H,13,15-16H2,1-6H3,(H,26,30)/t17-,19+,20+,21-,22-,23+/m0/s1. The Hall–Kier alpha value is -1.71. The number of hydrogen-bond donors (Lipinski definition) is 4. The zero-order chi connectivity index (χ0) is 24.8. The summed E-state index contributed by atoms with van der Waals surface area (Å²) in [7, 11) is -2.16. The first-order valence-electron chi connectivity index (χ1n) is 11.7. The lowest BCUT2D eigenvalue weighted by molar-refractivity contribution is -0.0904. The van der Waals surface area contributed by atoms with Crippen LogP contribution in [0.15, 0.2) is 42.5 Å². The molecule has 1 aromatic rings. The van der Waals surface area contributed by atoms with Gasteiger partial charge in [0.1, 0.15) is 12.7 Å². The molecule has 1 aromatic carbocycles. The number of benzene rings is 1. The molecular weight excluding hydrogens is 438 g/mol. The van der Waals surface area contributed by atoms with E-state index in [2.05, 4.69) is 39.2 Å². The van der Waals surface area contributed by atoms with Crippen LogP contribution in [0.2, 0.25) is 18.1 Å². The number of alkyl carbamates (subject to hydrolysis) is 1. The number of rotatable bonds is 9. The molecule has 7 nitrogen and oxygen atoms in total. The molecule has 0 saturated heterocycles. The Balaban J connectivity index is 2.09. The maximum Gasteiger partial charge on any atom is 0.407 e. The lowest BCUT2D eigenvalue weighted by Gasteiger charge is -2.43. The number of carbonyl (C=O) groups excluding carboxylic acids is 1. The molecule has 0 aromatic heterocycles. The quantitative estimate of drug-likeness (QED) is 0.318. The van der Waals surface area contributed by atoms with Gasteiger partial charge in [0, 0.05) is 12.5 Å². The van der Waals surface area contributed by atoms with Gasteiger partial charge in [-0.3, -0.25) is 0 Å². The normalized spacial score (nSPS) is 24.1. The summed E-state index contributed by atoms with van der Waals surface area (Å²) in [5.74, 6) is -0.913. The van der Waals surface area contributed by atoms with Crippen molar-refractivity contribution in [1.29, 1.82) is 0 Å². The Morgan fingerprint density at radius 3 is 2.42 bits per heavy atom. The van der Waals surface area contributed by atoms with Gasteiger partial charge in [0.05, 0.1) is 18.2 Å². The van der Waals surface area contributed by atoms with Crippen LogP contribution < -0.4 is 5.32 Å². The van der Waals surface area contributed by atoms with Crippen LogP contribution >= 0.6 is 0 Å². The fraction of sp³-hybridized carbons (Fsp3) is 0.640. The summed E-state index contributed by atoms with van der Waals surface area (Å²) < 4.78 is 11.6. The van der Waals surface area contributed by atoms with Gasteiger partial charge < -0.3 is 29.8 Å². The van der Waals surface area contributed by atoms with Crippen LogP contribution in [0.5, 0.6) is 0 Å². The second-order valence-corrected chi connectivity index (χ2v) is 15.2. The minimum Gasteiger partial charge on any atom is -0.445 e. The van der Waals surface area contributed by atoms with Crippen LogP contribution in [0, 0.1) is 11.8 Å². The van der Waals surface area contributed by atoms with Crippen molar-refractivity contribution < 1.29 is 29.3 Å². The lowest BCUT2D eigenvalue weighted by atomic mass is 9.74. The third-order valence-corrected chi connectivity index (χ3v) is 11.6. The van der Waals surface area contributed by atoms with Crippen LogP contribution in [-0.2, 0) is 15.8 Å². The van der Waals surface area contributed by atoms with Crippen LogP contribution in [-0.4, -0.2) is 60.7 Å². The fourth-order valence-electron chi connectivity index (χ4n) is 3.93. The minimum absolute atomic E-state index is 0.0419. The number of allylic oxidation sites excluding steroid dienone is 1. The molecule has 2 rings (SSSR count). The maximum absolute atomic E-state index is 12.5. The van der Waals surface area contributed by atoms with Crippen molar-refractivity contribution >= 4 is 14.4 Å². The van der Waals surface area contributed by atoms with Gasteiger partial charge in [-0.2, -0.15) is 0 Å². The van der Waals surface area contributed by atoms with Crippen molar-refractivity contribution in [3.8, 4) is 0 Å². The third kappa shape index (κ3) is 7.38. The van der Waals surface area contributed by atoms with Gasteiger partial charge >= 0.3 is 6.09 Å². The molecule has 0 saturated carbocycles. The Labute approximate surface area is 198 Å². The van der Waals surface area contributed by atoms with Crippen LogP contribution in [0.3, 0.4) is 0 Å². The van der Waals surface area contributed by atoms with E-state index in [0.29, 0.717) is 6.42 Å². The van der Waals surface area contributed by atoms with E-state index >= 15 is 0 Å². The molecule has 4 N–H and O–H groups in total. The Morgan fingerprint density at radius 1 is 1.21 bits per heavy atom. The van der Waals surface area contributed by atoms with Crippen LogP contribution in [0.4, 0.5) is 4.79 Å². The Bertz CT molecular complexity index is 779. The van der Waals surface area contributed by atoms with Gasteiger partial charge in [-0.1, -0.05) is 63.3 Å². The molecule has 1 aliphatic rings. The highest BCUT2D eigenvalue weighted by Gasteiger charge is 2.44. The average molecular weight is 480 g/mol. The Morgan fingerprint density at radius 2 is 1.85 bits per heavy atom. The van der Waals surface area contributed by atoms with E-state index in [1.165, 1.54) is 0 Å². The van der Waals surface area contributed by atoms with E-state index < -0.39 is 44.7 Å². The minimum atomic E-state index is -2.16. The predicted molar refractivity (Wildman–Crippen MR) is 131 cm³/mol. The highest BCUT2D eigenvalue weighted by molar-refractivity contribution is 6.74. The molecule has 0 aliphatic heterocycles. The summed E-state index contributed by atoms with van der Waals surface area (Å²) in [6, 6.07) is 8.76. The van der Waals surface area contributed by atoms with Crippen molar-refractivity contribution in [2.75, 3.05) is 6.61 Å². The molecule has 0 fully saturated rings. The number of ether oxygens (including phenoxy) is 1. The third-order valence-electron chi connectivity index (χ3n) is 6.98. The van der Waals surface area contributed by atoms with Crippen LogP contribution in [0.1, 0.15) is 39.7 Å². The van der Waals surface area contributed by atoms with Crippen molar-refractivity contribution in [1.82, 2.24) is 5.32 Å². The number of nitrogens with one attached hydrogen (secondary N) is 1. The average Bonchev–Trinajstić information content (AvgIpc) is 2.76. The summed E-state index contributed by atoms with van der Waals surface area (Å²) in [4.78, 5) is 12.5. The first-order valence-corrected chi connectivity index (χ1v) is 14.6. The number of aliphatic hydroxyl groups excluding tert-OH is 3. The highest BCUT2D eigenvalue weighted by Crippen LogP contribution is 2.38. The summed E-state index contributed by atoms with van der Waals surface area (Å²) >= 11 is 0. The summed E-state index contributed by atoms with van der Waals surface area (Å²) in [5, 5.41) is 34.8. The van der Waals surface area contributed by atoms with E-state index in [-0.39, 0.29) is 24.2 Å². The van der Waals surface area contributed by atoms with Crippen molar-refractivity contribution in [3.63, 3.8) is 0 Å². The molecule has 1 amide bonds. The number of carbonyl (C=O) groups is 1. The number of hydrogen-bond acceptors (Lipinski definition) is 6. The Kier molecular flexibility index (Phi) is 9.69. The molecule has 0 bridgehead atoms. The maximum atomic E-state index is 12.5. The topological polar surface area (TPSA) is 108 Å². The van der Waals surface area contributed by atoms with Gasteiger partial charge in [0.15, 0.2) is 8.32 Å². The molecule has 6 atom stereocenters. The van der Waals surface area contributed by atoms with Gasteiger partial charge in [-0.05, 0) is 43.0 Å². The number of amides is 1. The summed E-state index contributed by atoms with van der Waals surface area (Å²) in [6.07, 6.45) is 0.603. The van der Waals surface area contributed by atoms with E-state index in [1.54, 1.807) is 13.0 Å². The van der Waals surface area contributed by atoms with Gasteiger partial charge in [0.25, 0.3) is 0 Å². The van der Waals surface area contributed by atoms with Crippen molar-refractivity contribution in [2.24, 2.45) is 11.8 Å². The zero-order valence-corrected chi connectivity index (χ0v) is 21.7. The van der Waals surface area contributed by atoms with Gasteiger partial charge in [-0.15, -0.1) is 0 Å². The first kappa shape index (κ1) is 27.5. The van der Waals surface area contributed by atoms with E-state index in [9.17, 15) is 20.1 Å². The highest BCUT2D eigenvalue weighted by atomic mass is 28.4. The molecule has 0 unspecified atom stereocenters. The molecule has 8 heteroatoms. The lowest BCUT2D eigenvalue weighted by Crippen LogP contribution is -2.56. The predicted octanol–water partition coefficient (Wildman–Crippen LogP) is 3.60. The van der Waals surface area contributed by atoms with Crippen molar-refractivity contribution in [3.05, 3.63) is 48.0 Å². The summed E-state index contributed by atoms with van der Waals surface area (Å²) in [6.45, 7) is 12.2. The smallest absolute Gasteiger partial charge is 0.407 e. The molecular formula is C25H41NO6Si. The first-order chi connectivity index (χ1) is 15.4. The number of aliphatic hydroxyl groups is 3. The second-order valence-electron chi connectivity index (χ2n) is 10.5. The van der Waals surface area contributed by atoms with E-state index in [1.807, 2.05) is 36.4 Å². The van der Waals surface area contributed by atoms with E-state index in [4.69, 9.17) is 9.16 Å². The second kappa shape index (κ2) is 11.6. The SMILES string of the molecule is C[C@H](O[Si](C)(C)C(C)(C)C)[C@H](O)[C@H](O)[C@H]1[C@@H](CO)CC=C[C@H]1NC(=O)OCc1ccccc1. The molecule has 33 heavy (non-hydrogen) atoms. The molecule has 1 aliphatic carbocycles. The molecule has 0 radical (unpaired) electrons. The van der Waals surface area contributed by atoms with Crippen LogP contribution in [0.25, 0.3) is 0 Å². The largest absolute Gasteiger partial charge is 0.445 e. The van der Waals surface area contributed by atoms with E-state index in [0.717, 1.165) is 5.56 Å². The zero-order valence-electron chi connectivity index (χ0n) is 20.7. The van der Waals surface area contributed by atoms with Gasteiger partial charge in [0.2, 0.25) is 0 Å². The molecule has 186 valence electrons. The van der Waals surface area contributed by atoms with Crippen molar-refractivity contribution in [2.45, 2.75) is 83.2 Å².